The van der Waals surface area contributed by atoms with Crippen LogP contribution in [0.5, 0.6) is 0 Å². The van der Waals surface area contributed by atoms with E-state index in [0.717, 1.165) is 32.5 Å². The van der Waals surface area contributed by atoms with Crippen molar-refractivity contribution in [1.29, 1.82) is 0 Å². The molecule has 2 fully saturated rings. The first-order chi connectivity index (χ1) is 10.1. The third-order valence-corrected chi connectivity index (χ3v) is 5.30. The summed E-state index contributed by atoms with van der Waals surface area (Å²) >= 11 is 0. The fourth-order valence-electron chi connectivity index (χ4n) is 3.82. The number of likely N-dealkylation sites (tertiary alicyclic amines) is 2. The summed E-state index contributed by atoms with van der Waals surface area (Å²) in [5, 5.41) is 0. The number of halogens is 1. The number of unbranched alkanes of at least 4 members (excludes halogenated alkanes) is 1. The number of hydrogen-bond donors (Lipinski definition) is 0. The van der Waals surface area contributed by atoms with Gasteiger partial charge in [-0.1, -0.05) is 13.3 Å². The predicted octanol–water partition coefficient (Wildman–Crippen LogP) is 1.94. The quantitative estimate of drug-likeness (QED) is 0.751. The molecule has 4 nitrogen and oxygen atoms in total. The Bertz CT molecular complexity index is 343. The van der Waals surface area contributed by atoms with Crippen molar-refractivity contribution in [2.45, 2.75) is 32.6 Å². The topological polar surface area (TPSA) is 32.8 Å². The van der Waals surface area contributed by atoms with E-state index < -0.39 is 0 Å². The molecule has 0 aromatic heterocycles. The Labute approximate surface area is 127 Å². The van der Waals surface area contributed by atoms with Gasteiger partial charge in [-0.2, -0.15) is 0 Å². The van der Waals surface area contributed by atoms with Crippen LogP contribution in [0.25, 0.3) is 0 Å². The summed E-state index contributed by atoms with van der Waals surface area (Å²) in [6.07, 6.45) is 4.48. The van der Waals surface area contributed by atoms with Crippen LogP contribution in [-0.2, 0) is 9.53 Å². The molecule has 5 heteroatoms. The van der Waals surface area contributed by atoms with E-state index in [4.69, 9.17) is 4.74 Å². The van der Waals surface area contributed by atoms with E-state index in [0.29, 0.717) is 13.1 Å². The van der Waals surface area contributed by atoms with E-state index >= 15 is 0 Å². The molecule has 122 valence electrons. The monoisotopic (exact) mass is 300 g/mol. The molecule has 1 spiro atoms. The third kappa shape index (κ3) is 3.75. The van der Waals surface area contributed by atoms with Crippen molar-refractivity contribution in [3.05, 3.63) is 0 Å². The largest absolute Gasteiger partial charge is 0.375 e. The molecule has 2 aliphatic heterocycles. The van der Waals surface area contributed by atoms with Crippen molar-refractivity contribution >= 4 is 5.91 Å². The molecule has 0 saturated carbocycles. The molecule has 0 radical (unpaired) electrons. The molecule has 21 heavy (non-hydrogen) atoms. The van der Waals surface area contributed by atoms with E-state index in [2.05, 4.69) is 11.8 Å². The molecule has 0 N–H and O–H groups in total. The highest BCUT2D eigenvalue weighted by atomic mass is 19.1. The number of methoxy groups -OCH3 is 1. The molecular formula is C16H29FN2O2. The van der Waals surface area contributed by atoms with Gasteiger partial charge in [-0.3, -0.25) is 9.18 Å². The molecular weight excluding hydrogens is 271 g/mol. The van der Waals surface area contributed by atoms with Gasteiger partial charge in [0.25, 0.3) is 0 Å². The van der Waals surface area contributed by atoms with Gasteiger partial charge in [-0.15, -0.1) is 0 Å². The molecule has 2 aliphatic rings. The Balaban J connectivity index is 1.93. The number of rotatable bonds is 6. The lowest BCUT2D eigenvalue weighted by molar-refractivity contribution is -0.134. The summed E-state index contributed by atoms with van der Waals surface area (Å²) in [4.78, 5) is 16.3. The molecule has 0 aliphatic carbocycles. The van der Waals surface area contributed by atoms with Gasteiger partial charge >= 0.3 is 0 Å². The number of carbonyl (C=O) groups excluding carboxylic acids is 1. The molecule has 0 bridgehead atoms. The summed E-state index contributed by atoms with van der Waals surface area (Å²) in [5.41, 5.74) is 0.000859. The zero-order valence-corrected chi connectivity index (χ0v) is 13.4. The van der Waals surface area contributed by atoms with Crippen LogP contribution in [0.4, 0.5) is 4.39 Å². The predicted molar refractivity (Wildman–Crippen MR) is 80.9 cm³/mol. The smallest absolute Gasteiger partial charge is 0.248 e. The molecule has 2 saturated heterocycles. The lowest BCUT2D eigenvalue weighted by Crippen LogP contribution is -2.45. The molecule has 1 atom stereocenters. The number of amides is 1. The molecule has 0 aromatic carbocycles. The van der Waals surface area contributed by atoms with E-state index in [1.54, 1.807) is 0 Å². The number of nitrogens with zero attached hydrogens (tertiary/aromatic N) is 2. The maximum absolute atomic E-state index is 13.5. The van der Waals surface area contributed by atoms with Crippen LogP contribution in [0.1, 0.15) is 32.6 Å². The molecule has 0 aromatic rings. The average molecular weight is 300 g/mol. The van der Waals surface area contributed by atoms with Gasteiger partial charge in [0.15, 0.2) is 0 Å². The second-order valence-corrected chi connectivity index (χ2v) is 6.62. The van der Waals surface area contributed by atoms with Crippen molar-refractivity contribution in [2.24, 2.45) is 11.3 Å². The van der Waals surface area contributed by atoms with Crippen molar-refractivity contribution in [3.63, 3.8) is 0 Å². The van der Waals surface area contributed by atoms with Crippen LogP contribution < -0.4 is 0 Å². The molecule has 1 amide bonds. The standard InChI is InChI=1S/C16H29FN2O2/c1-3-4-7-18-8-5-16(6-9-18)13-19(11-14(16)10-17)15(20)12-21-2/h14H,3-13H2,1-2H3. The Kier molecular flexibility index (Phi) is 5.99. The van der Waals surface area contributed by atoms with Crippen molar-refractivity contribution in [1.82, 2.24) is 9.80 Å². The average Bonchev–Trinajstić information content (AvgIpc) is 2.86. The summed E-state index contributed by atoms with van der Waals surface area (Å²) in [6.45, 7) is 6.52. The van der Waals surface area contributed by atoms with Crippen LogP contribution in [-0.4, -0.2) is 68.8 Å². The van der Waals surface area contributed by atoms with Crippen LogP contribution in [0.15, 0.2) is 0 Å². The zero-order chi connectivity index (χ0) is 15.3. The van der Waals surface area contributed by atoms with E-state index in [9.17, 15) is 9.18 Å². The second-order valence-electron chi connectivity index (χ2n) is 6.62. The minimum Gasteiger partial charge on any atom is -0.375 e. The third-order valence-electron chi connectivity index (χ3n) is 5.30. The Morgan fingerprint density at radius 3 is 2.67 bits per heavy atom. The highest BCUT2D eigenvalue weighted by Gasteiger charge is 2.48. The van der Waals surface area contributed by atoms with Gasteiger partial charge in [0.1, 0.15) is 6.61 Å². The summed E-state index contributed by atoms with van der Waals surface area (Å²) in [5.74, 6) is 0.00729. The Morgan fingerprint density at radius 2 is 2.10 bits per heavy atom. The van der Waals surface area contributed by atoms with Gasteiger partial charge in [0.2, 0.25) is 5.91 Å². The normalized spacial score (nSPS) is 25.7. The molecule has 2 heterocycles. The van der Waals surface area contributed by atoms with Crippen LogP contribution in [0.3, 0.4) is 0 Å². The summed E-state index contributed by atoms with van der Waals surface area (Å²) in [6, 6.07) is 0. The number of carbonyl (C=O) groups is 1. The summed E-state index contributed by atoms with van der Waals surface area (Å²) < 4.78 is 18.4. The fourth-order valence-corrected chi connectivity index (χ4v) is 3.82. The van der Waals surface area contributed by atoms with Crippen LogP contribution in [0, 0.1) is 11.3 Å². The van der Waals surface area contributed by atoms with Gasteiger partial charge in [0, 0.05) is 26.1 Å². The van der Waals surface area contributed by atoms with Crippen molar-refractivity contribution < 1.29 is 13.9 Å². The summed E-state index contributed by atoms with van der Waals surface area (Å²) in [7, 11) is 1.53. The maximum Gasteiger partial charge on any atom is 0.248 e. The first-order valence-corrected chi connectivity index (χ1v) is 8.20. The Morgan fingerprint density at radius 1 is 1.38 bits per heavy atom. The SMILES string of the molecule is CCCCN1CCC2(CC1)CN(C(=O)COC)CC2CF. The second kappa shape index (κ2) is 7.54. The fraction of sp³-hybridized carbons (Fsp3) is 0.938. The van der Waals surface area contributed by atoms with E-state index in [1.807, 2.05) is 4.90 Å². The van der Waals surface area contributed by atoms with Gasteiger partial charge in [0.05, 0.1) is 6.67 Å². The Hall–Kier alpha value is -0.680. The number of ether oxygens (including phenoxy) is 1. The minimum atomic E-state index is -0.314. The molecule has 2 rings (SSSR count). The van der Waals surface area contributed by atoms with E-state index in [1.165, 1.54) is 20.0 Å². The van der Waals surface area contributed by atoms with Crippen molar-refractivity contribution in [3.8, 4) is 0 Å². The number of hydrogen-bond acceptors (Lipinski definition) is 3. The van der Waals surface area contributed by atoms with Gasteiger partial charge in [-0.25, -0.2) is 0 Å². The number of piperidine rings is 1. The van der Waals surface area contributed by atoms with Crippen LogP contribution in [0.2, 0.25) is 0 Å². The first-order valence-electron chi connectivity index (χ1n) is 8.20. The van der Waals surface area contributed by atoms with Crippen LogP contribution >= 0.6 is 0 Å². The first kappa shape index (κ1) is 16.7. The highest BCUT2D eigenvalue weighted by molar-refractivity contribution is 5.77. The lowest BCUT2D eigenvalue weighted by Gasteiger charge is -2.42. The minimum absolute atomic E-state index is 0.000859. The van der Waals surface area contributed by atoms with Crippen molar-refractivity contribution in [2.75, 3.05) is 53.1 Å². The van der Waals surface area contributed by atoms with E-state index in [-0.39, 0.29) is 30.5 Å². The number of alkyl halides is 1. The van der Waals surface area contributed by atoms with Gasteiger partial charge in [-0.05, 0) is 44.3 Å². The van der Waals surface area contributed by atoms with Gasteiger partial charge < -0.3 is 14.5 Å². The lowest BCUT2D eigenvalue weighted by atomic mass is 9.71. The zero-order valence-electron chi connectivity index (χ0n) is 13.4. The molecule has 1 unspecified atom stereocenters. The maximum atomic E-state index is 13.5. The highest BCUT2D eigenvalue weighted by Crippen LogP contribution is 2.44.